The number of nitrogens with one attached hydrogen (secondary N) is 2. The molecule has 0 aliphatic heterocycles. The maximum absolute atomic E-state index is 12.1. The third kappa shape index (κ3) is 3.04. The Morgan fingerprint density at radius 1 is 1.43 bits per heavy atom. The van der Waals surface area contributed by atoms with E-state index in [9.17, 15) is 14.9 Å². The zero-order chi connectivity index (χ0) is 16.4. The quantitative estimate of drug-likeness (QED) is 0.827. The molecule has 1 heterocycles. The van der Waals surface area contributed by atoms with Crippen LogP contribution in [0.15, 0.2) is 30.5 Å². The number of rotatable bonds is 5. The molecule has 2 N–H and O–H groups in total. The molecule has 1 atom stereocenters. The van der Waals surface area contributed by atoms with E-state index in [4.69, 9.17) is 4.74 Å². The summed E-state index contributed by atoms with van der Waals surface area (Å²) in [5, 5.41) is 12.6. The van der Waals surface area contributed by atoms with Gasteiger partial charge in [0.25, 0.3) is 5.91 Å². The fraction of sp³-hybridized carbons (Fsp3) is 0.353. The lowest BCUT2D eigenvalue weighted by molar-refractivity contribution is -0.125. The van der Waals surface area contributed by atoms with Gasteiger partial charge >= 0.3 is 5.97 Å². The molecule has 6 heteroatoms. The number of carbonyl (C=O) groups excluding carboxylic acids is 2. The average molecular weight is 311 g/mol. The number of carbonyl (C=O) groups is 2. The number of H-pyrrole nitrogens is 1. The van der Waals surface area contributed by atoms with Crippen LogP contribution in [0.25, 0.3) is 10.9 Å². The molecule has 1 aliphatic carbocycles. The minimum Gasteiger partial charge on any atom is -0.452 e. The van der Waals surface area contributed by atoms with Gasteiger partial charge in [0.05, 0.1) is 11.6 Å². The fourth-order valence-corrected chi connectivity index (χ4v) is 2.66. The highest BCUT2D eigenvalue weighted by molar-refractivity contribution is 6.04. The topological polar surface area (TPSA) is 95.0 Å². The SMILES string of the molecule is C[C@](C#N)(NC(=O)COC(=O)c1c[nH]c2ccccc12)C1CC1. The van der Waals surface area contributed by atoms with Gasteiger partial charge in [-0.15, -0.1) is 0 Å². The van der Waals surface area contributed by atoms with E-state index in [1.165, 1.54) is 0 Å². The summed E-state index contributed by atoms with van der Waals surface area (Å²) in [6, 6.07) is 9.49. The van der Waals surface area contributed by atoms with Gasteiger partial charge in [-0.25, -0.2) is 4.79 Å². The van der Waals surface area contributed by atoms with Crippen molar-refractivity contribution in [2.24, 2.45) is 5.92 Å². The molecule has 0 bridgehead atoms. The standard InChI is InChI=1S/C17H17N3O3/c1-17(10-18,11-6-7-11)20-15(21)9-23-16(22)13-8-19-14-5-3-2-4-12(13)14/h2-5,8,11,19H,6-7,9H2,1H3,(H,20,21)/t17-/m1/s1. The maximum Gasteiger partial charge on any atom is 0.340 e. The molecule has 0 spiro atoms. The van der Waals surface area contributed by atoms with Crippen LogP contribution in [0.3, 0.4) is 0 Å². The molecule has 0 saturated heterocycles. The number of ether oxygens (including phenoxy) is 1. The number of para-hydroxylation sites is 1. The summed E-state index contributed by atoms with van der Waals surface area (Å²) in [4.78, 5) is 27.0. The molecule has 6 nitrogen and oxygen atoms in total. The first-order valence-corrected chi connectivity index (χ1v) is 7.49. The number of hydrogen-bond acceptors (Lipinski definition) is 4. The molecule has 1 aliphatic rings. The summed E-state index contributed by atoms with van der Waals surface area (Å²) < 4.78 is 5.07. The van der Waals surface area contributed by atoms with Crippen LogP contribution in [0, 0.1) is 17.2 Å². The molecule has 3 rings (SSSR count). The van der Waals surface area contributed by atoms with Crippen LogP contribution >= 0.6 is 0 Å². The number of hydrogen-bond donors (Lipinski definition) is 2. The van der Waals surface area contributed by atoms with Gasteiger partial charge in [-0.2, -0.15) is 5.26 Å². The largest absolute Gasteiger partial charge is 0.452 e. The second-order valence-electron chi connectivity index (χ2n) is 5.96. The van der Waals surface area contributed by atoms with Gasteiger partial charge in [0.2, 0.25) is 0 Å². The van der Waals surface area contributed by atoms with Crippen molar-refractivity contribution in [2.75, 3.05) is 6.61 Å². The number of esters is 1. The van der Waals surface area contributed by atoms with Gasteiger partial charge in [-0.3, -0.25) is 4.79 Å². The average Bonchev–Trinajstić information content (AvgIpc) is 3.33. The zero-order valence-corrected chi connectivity index (χ0v) is 12.8. The van der Waals surface area contributed by atoms with Gasteiger partial charge in [0.15, 0.2) is 6.61 Å². The number of benzene rings is 1. The van der Waals surface area contributed by atoms with Crippen LogP contribution in [0.2, 0.25) is 0 Å². The van der Waals surface area contributed by atoms with Crippen LogP contribution in [0.5, 0.6) is 0 Å². The van der Waals surface area contributed by atoms with Gasteiger partial charge in [-0.1, -0.05) is 18.2 Å². The van der Waals surface area contributed by atoms with Crippen molar-refractivity contribution in [2.45, 2.75) is 25.3 Å². The van der Waals surface area contributed by atoms with Gasteiger partial charge in [-0.05, 0) is 31.7 Å². The predicted molar refractivity (Wildman–Crippen MR) is 83.5 cm³/mol. The van der Waals surface area contributed by atoms with Crippen molar-refractivity contribution in [1.29, 1.82) is 5.26 Å². The molecular formula is C17H17N3O3. The van der Waals surface area contributed by atoms with Crippen LogP contribution in [-0.4, -0.2) is 29.0 Å². The Morgan fingerprint density at radius 3 is 2.87 bits per heavy atom. The van der Waals surface area contributed by atoms with Crippen LogP contribution in [0.1, 0.15) is 30.1 Å². The summed E-state index contributed by atoms with van der Waals surface area (Å²) in [7, 11) is 0. The Morgan fingerprint density at radius 2 is 2.17 bits per heavy atom. The molecule has 1 fully saturated rings. The predicted octanol–water partition coefficient (Wildman–Crippen LogP) is 2.13. The molecule has 1 aromatic carbocycles. The summed E-state index contributed by atoms with van der Waals surface area (Å²) >= 11 is 0. The molecule has 0 unspecified atom stereocenters. The number of nitrogens with zero attached hydrogens (tertiary/aromatic N) is 1. The van der Waals surface area contributed by atoms with E-state index in [0.29, 0.717) is 5.56 Å². The van der Waals surface area contributed by atoms with Crippen LogP contribution in [0.4, 0.5) is 0 Å². The summed E-state index contributed by atoms with van der Waals surface area (Å²) in [6.07, 6.45) is 3.42. The zero-order valence-electron chi connectivity index (χ0n) is 12.8. The van der Waals surface area contributed by atoms with Crippen molar-refractivity contribution in [3.8, 4) is 6.07 Å². The first-order valence-electron chi connectivity index (χ1n) is 7.49. The first kappa shape index (κ1) is 15.1. The molecule has 2 aromatic rings. The van der Waals surface area contributed by atoms with E-state index in [0.717, 1.165) is 23.7 Å². The van der Waals surface area contributed by atoms with Crippen molar-refractivity contribution in [1.82, 2.24) is 10.3 Å². The maximum atomic E-state index is 12.1. The second kappa shape index (κ2) is 5.76. The normalized spacial score (nSPS) is 16.3. The summed E-state index contributed by atoms with van der Waals surface area (Å²) in [6.45, 7) is 1.30. The smallest absolute Gasteiger partial charge is 0.340 e. The second-order valence-corrected chi connectivity index (χ2v) is 5.96. The highest BCUT2D eigenvalue weighted by Gasteiger charge is 2.43. The Labute approximate surface area is 133 Å². The Kier molecular flexibility index (Phi) is 3.78. The molecule has 1 saturated carbocycles. The van der Waals surface area contributed by atoms with E-state index >= 15 is 0 Å². The lowest BCUT2D eigenvalue weighted by atomic mass is 9.98. The van der Waals surface area contributed by atoms with E-state index in [1.807, 2.05) is 24.3 Å². The van der Waals surface area contributed by atoms with E-state index in [1.54, 1.807) is 13.1 Å². The van der Waals surface area contributed by atoms with Crippen molar-refractivity contribution in [3.05, 3.63) is 36.0 Å². The van der Waals surface area contributed by atoms with E-state index in [2.05, 4.69) is 16.4 Å². The number of aromatic amines is 1. The molecular weight excluding hydrogens is 294 g/mol. The number of amides is 1. The molecule has 118 valence electrons. The van der Waals surface area contributed by atoms with Crippen molar-refractivity contribution < 1.29 is 14.3 Å². The van der Waals surface area contributed by atoms with Gasteiger partial charge in [0, 0.05) is 17.1 Å². The van der Waals surface area contributed by atoms with E-state index < -0.39 is 24.0 Å². The minimum absolute atomic E-state index is 0.181. The molecule has 0 radical (unpaired) electrons. The highest BCUT2D eigenvalue weighted by atomic mass is 16.5. The summed E-state index contributed by atoms with van der Waals surface area (Å²) in [5.74, 6) is -0.849. The van der Waals surface area contributed by atoms with Crippen molar-refractivity contribution in [3.63, 3.8) is 0 Å². The lowest BCUT2D eigenvalue weighted by Crippen LogP contribution is -2.48. The van der Waals surface area contributed by atoms with Gasteiger partial charge in [0.1, 0.15) is 5.54 Å². The Balaban J connectivity index is 1.61. The Bertz CT molecular complexity index is 801. The lowest BCUT2D eigenvalue weighted by Gasteiger charge is -2.22. The molecule has 23 heavy (non-hydrogen) atoms. The number of nitriles is 1. The van der Waals surface area contributed by atoms with E-state index in [-0.39, 0.29) is 5.92 Å². The van der Waals surface area contributed by atoms with Crippen LogP contribution in [-0.2, 0) is 9.53 Å². The Hall–Kier alpha value is -2.81. The monoisotopic (exact) mass is 311 g/mol. The molecule has 1 amide bonds. The minimum atomic E-state index is -0.885. The number of fused-ring (bicyclic) bond motifs is 1. The third-order valence-electron chi connectivity index (χ3n) is 4.17. The highest BCUT2D eigenvalue weighted by Crippen LogP contribution is 2.39. The summed E-state index contributed by atoms with van der Waals surface area (Å²) in [5.41, 5.74) is 0.331. The third-order valence-corrected chi connectivity index (χ3v) is 4.17. The van der Waals surface area contributed by atoms with Crippen LogP contribution < -0.4 is 5.32 Å². The van der Waals surface area contributed by atoms with Crippen molar-refractivity contribution >= 4 is 22.8 Å². The number of aromatic nitrogens is 1. The molecule has 1 aromatic heterocycles. The fourth-order valence-electron chi connectivity index (χ4n) is 2.66. The van der Waals surface area contributed by atoms with Gasteiger partial charge < -0.3 is 15.0 Å². The first-order chi connectivity index (χ1) is 11.0.